The van der Waals surface area contributed by atoms with E-state index in [-0.39, 0.29) is 17.7 Å². The van der Waals surface area contributed by atoms with Gasteiger partial charge >= 0.3 is 0 Å². The van der Waals surface area contributed by atoms with Crippen molar-refractivity contribution in [1.29, 1.82) is 0 Å². The summed E-state index contributed by atoms with van der Waals surface area (Å²) in [7, 11) is 0. The molecule has 1 N–H and O–H groups in total. The maximum Gasteiger partial charge on any atom is 0.229 e. The Morgan fingerprint density at radius 3 is 2.74 bits per heavy atom. The number of rotatable bonds is 3. The number of halogens is 1. The van der Waals surface area contributed by atoms with E-state index in [0.717, 1.165) is 12.0 Å². The third-order valence-corrected chi connectivity index (χ3v) is 3.49. The topological polar surface area (TPSA) is 54.9 Å². The van der Waals surface area contributed by atoms with E-state index in [1.54, 1.807) is 12.4 Å². The van der Waals surface area contributed by atoms with Crippen LogP contribution in [-0.2, 0) is 4.79 Å². The van der Waals surface area contributed by atoms with Crippen LogP contribution in [0.1, 0.15) is 17.9 Å². The smallest absolute Gasteiger partial charge is 0.229 e. The zero-order chi connectivity index (χ0) is 13.2. The van der Waals surface area contributed by atoms with E-state index >= 15 is 0 Å². The lowest BCUT2D eigenvalue weighted by molar-refractivity contribution is -0.117. The minimum atomic E-state index is 0.000417. The molecular weight excluding hydrogens is 262 g/mol. The van der Waals surface area contributed by atoms with Crippen molar-refractivity contribution in [2.24, 2.45) is 5.92 Å². The van der Waals surface area contributed by atoms with Crippen molar-refractivity contribution >= 4 is 23.3 Å². The average molecular weight is 274 g/mol. The monoisotopic (exact) mass is 273 g/mol. The molecule has 19 heavy (non-hydrogen) atoms. The van der Waals surface area contributed by atoms with Crippen LogP contribution in [0.25, 0.3) is 0 Å². The second-order valence-electron chi connectivity index (χ2n) is 4.58. The van der Waals surface area contributed by atoms with Gasteiger partial charge in [0.2, 0.25) is 5.91 Å². The van der Waals surface area contributed by atoms with Crippen LogP contribution in [0.3, 0.4) is 0 Å². The summed E-state index contributed by atoms with van der Waals surface area (Å²) >= 11 is 5.85. The van der Waals surface area contributed by atoms with E-state index in [1.807, 2.05) is 24.3 Å². The summed E-state index contributed by atoms with van der Waals surface area (Å²) in [6.07, 6.45) is 5.54. The lowest BCUT2D eigenvalue weighted by Crippen LogP contribution is -2.15. The van der Waals surface area contributed by atoms with Crippen LogP contribution >= 0.6 is 11.6 Å². The Bertz CT molecular complexity index is 585. The highest BCUT2D eigenvalue weighted by atomic mass is 35.5. The van der Waals surface area contributed by atoms with Gasteiger partial charge in [0.15, 0.2) is 5.82 Å². The Morgan fingerprint density at radius 2 is 2.05 bits per heavy atom. The molecule has 4 nitrogen and oxygen atoms in total. The number of aromatic nitrogens is 2. The highest BCUT2D eigenvalue weighted by molar-refractivity contribution is 6.30. The van der Waals surface area contributed by atoms with Gasteiger partial charge < -0.3 is 5.32 Å². The molecule has 1 amide bonds. The number of carbonyl (C=O) groups is 1. The van der Waals surface area contributed by atoms with Gasteiger partial charge in [-0.15, -0.1) is 0 Å². The molecule has 0 saturated heterocycles. The molecule has 1 aromatic heterocycles. The summed E-state index contributed by atoms with van der Waals surface area (Å²) in [6, 6.07) is 7.66. The molecule has 1 fully saturated rings. The van der Waals surface area contributed by atoms with Crippen molar-refractivity contribution in [2.75, 3.05) is 5.32 Å². The van der Waals surface area contributed by atoms with Gasteiger partial charge in [0.1, 0.15) is 0 Å². The maximum atomic E-state index is 12.0. The summed E-state index contributed by atoms with van der Waals surface area (Å²) in [5.74, 6) is 0.798. The summed E-state index contributed by atoms with van der Waals surface area (Å²) in [6.45, 7) is 0. The molecule has 1 saturated carbocycles. The van der Waals surface area contributed by atoms with Gasteiger partial charge in [-0.3, -0.25) is 9.78 Å². The summed E-state index contributed by atoms with van der Waals surface area (Å²) in [5, 5.41) is 3.49. The minimum Gasteiger partial charge on any atom is -0.309 e. The Balaban J connectivity index is 1.63. The van der Waals surface area contributed by atoms with Crippen molar-refractivity contribution in [3.8, 4) is 0 Å². The molecule has 1 aliphatic rings. The molecule has 1 aromatic carbocycles. The third-order valence-electron chi connectivity index (χ3n) is 3.24. The predicted octanol–water partition coefficient (Wildman–Crippen LogP) is 2.87. The lowest BCUT2D eigenvalue weighted by Gasteiger charge is -2.03. The molecule has 0 radical (unpaired) electrons. The van der Waals surface area contributed by atoms with Crippen LogP contribution < -0.4 is 5.32 Å². The number of hydrogen-bond donors (Lipinski definition) is 1. The van der Waals surface area contributed by atoms with Crippen LogP contribution in [0.15, 0.2) is 42.9 Å². The summed E-state index contributed by atoms with van der Waals surface area (Å²) in [4.78, 5) is 20.0. The van der Waals surface area contributed by atoms with Crippen molar-refractivity contribution in [3.05, 3.63) is 53.4 Å². The van der Waals surface area contributed by atoms with Crippen LogP contribution in [-0.4, -0.2) is 15.9 Å². The quantitative estimate of drug-likeness (QED) is 0.935. The molecule has 3 rings (SSSR count). The Kier molecular flexibility index (Phi) is 3.17. The fourth-order valence-corrected chi connectivity index (χ4v) is 2.27. The zero-order valence-corrected chi connectivity index (χ0v) is 10.8. The molecule has 5 heteroatoms. The molecule has 0 spiro atoms. The normalized spacial score (nSPS) is 20.9. The first kappa shape index (κ1) is 12.1. The Labute approximate surface area is 115 Å². The Morgan fingerprint density at radius 1 is 1.26 bits per heavy atom. The lowest BCUT2D eigenvalue weighted by atomic mass is 10.1. The standard InChI is InChI=1S/C14H12ClN3O/c15-10-3-1-9(2-4-10)11-7-12(11)14(19)18-13-8-16-5-6-17-13/h1-6,8,11-12H,7H2,(H,17,18,19)/t11-,12+/m1/s1. The molecule has 2 atom stereocenters. The minimum absolute atomic E-state index is 0.000417. The van der Waals surface area contributed by atoms with Gasteiger partial charge in [-0.1, -0.05) is 23.7 Å². The maximum absolute atomic E-state index is 12.0. The largest absolute Gasteiger partial charge is 0.309 e. The van der Waals surface area contributed by atoms with Crippen molar-refractivity contribution in [3.63, 3.8) is 0 Å². The highest BCUT2D eigenvalue weighted by Crippen LogP contribution is 2.48. The van der Waals surface area contributed by atoms with Gasteiger partial charge in [-0.05, 0) is 30.0 Å². The summed E-state index contributed by atoms with van der Waals surface area (Å²) < 4.78 is 0. The first-order valence-electron chi connectivity index (χ1n) is 6.06. The van der Waals surface area contributed by atoms with Gasteiger partial charge in [0.05, 0.1) is 6.20 Å². The van der Waals surface area contributed by atoms with Crippen molar-refractivity contribution in [2.45, 2.75) is 12.3 Å². The molecule has 0 bridgehead atoms. The molecule has 1 aliphatic carbocycles. The van der Waals surface area contributed by atoms with Crippen LogP contribution in [0, 0.1) is 5.92 Å². The number of benzene rings is 1. The van der Waals surface area contributed by atoms with E-state index < -0.39 is 0 Å². The second kappa shape index (κ2) is 4.97. The van der Waals surface area contributed by atoms with Crippen molar-refractivity contribution < 1.29 is 4.79 Å². The van der Waals surface area contributed by atoms with Crippen LogP contribution in [0.5, 0.6) is 0 Å². The molecular formula is C14H12ClN3O. The van der Waals surface area contributed by atoms with Crippen LogP contribution in [0.4, 0.5) is 5.82 Å². The van der Waals surface area contributed by atoms with Crippen molar-refractivity contribution in [1.82, 2.24) is 9.97 Å². The molecule has 1 heterocycles. The SMILES string of the molecule is O=C(Nc1cnccn1)[C@H]1C[C@@H]1c1ccc(Cl)cc1. The second-order valence-corrected chi connectivity index (χ2v) is 5.02. The van der Waals surface area contributed by atoms with Gasteiger partial charge in [-0.2, -0.15) is 0 Å². The van der Waals surface area contributed by atoms with Gasteiger partial charge in [0, 0.05) is 23.3 Å². The first-order chi connectivity index (χ1) is 9.24. The van der Waals surface area contributed by atoms with Gasteiger partial charge in [-0.25, -0.2) is 4.98 Å². The van der Waals surface area contributed by atoms with E-state index in [9.17, 15) is 4.79 Å². The molecule has 0 unspecified atom stereocenters. The highest BCUT2D eigenvalue weighted by Gasteiger charge is 2.43. The molecule has 0 aliphatic heterocycles. The third kappa shape index (κ3) is 2.74. The number of nitrogens with zero attached hydrogens (tertiary/aromatic N) is 2. The van der Waals surface area contributed by atoms with Gasteiger partial charge in [0.25, 0.3) is 0 Å². The van der Waals surface area contributed by atoms with Crippen LogP contribution in [0.2, 0.25) is 5.02 Å². The fraction of sp³-hybridized carbons (Fsp3) is 0.214. The van der Waals surface area contributed by atoms with E-state index in [2.05, 4.69) is 15.3 Å². The predicted molar refractivity (Wildman–Crippen MR) is 73.0 cm³/mol. The number of hydrogen-bond acceptors (Lipinski definition) is 3. The molecule has 96 valence electrons. The van der Waals surface area contributed by atoms with E-state index in [0.29, 0.717) is 10.8 Å². The Hall–Kier alpha value is -1.94. The fourth-order valence-electron chi connectivity index (χ4n) is 2.15. The average Bonchev–Trinajstić information content (AvgIpc) is 3.21. The first-order valence-corrected chi connectivity index (χ1v) is 6.44. The summed E-state index contributed by atoms with van der Waals surface area (Å²) in [5.41, 5.74) is 1.16. The zero-order valence-electron chi connectivity index (χ0n) is 10.1. The molecule has 2 aromatic rings. The van der Waals surface area contributed by atoms with E-state index in [4.69, 9.17) is 11.6 Å². The number of anilines is 1. The van der Waals surface area contributed by atoms with E-state index in [1.165, 1.54) is 6.20 Å². The number of carbonyl (C=O) groups excluding carboxylic acids is 1. The number of amides is 1. The number of nitrogens with one attached hydrogen (secondary N) is 1.